The molecule has 0 amide bonds. The van der Waals surface area contributed by atoms with Crippen LogP contribution >= 0.6 is 11.3 Å². The number of halogens is 2. The van der Waals surface area contributed by atoms with Gasteiger partial charge in [-0.25, -0.2) is 13.8 Å². The van der Waals surface area contributed by atoms with Gasteiger partial charge in [0.1, 0.15) is 11.6 Å². The highest BCUT2D eigenvalue weighted by Crippen LogP contribution is 2.18. The van der Waals surface area contributed by atoms with Gasteiger partial charge in [-0.2, -0.15) is 0 Å². The Bertz CT molecular complexity index is 508. The van der Waals surface area contributed by atoms with Crippen molar-refractivity contribution >= 4 is 11.3 Å². The molecule has 0 atom stereocenters. The van der Waals surface area contributed by atoms with Crippen LogP contribution in [0.3, 0.4) is 0 Å². The maximum atomic E-state index is 13.4. The van der Waals surface area contributed by atoms with E-state index in [1.807, 2.05) is 5.38 Å². The van der Waals surface area contributed by atoms with Crippen molar-refractivity contribution in [1.82, 2.24) is 4.98 Å². The smallest absolute Gasteiger partial charge is 0.129 e. The summed E-state index contributed by atoms with van der Waals surface area (Å²) in [5.41, 5.74) is 1.54. The van der Waals surface area contributed by atoms with E-state index in [2.05, 4.69) is 11.9 Å². The van der Waals surface area contributed by atoms with Crippen LogP contribution in [0.1, 0.15) is 29.6 Å². The lowest BCUT2D eigenvalue weighted by molar-refractivity contribution is 0.574. The molecule has 1 nitrogen and oxygen atoms in total. The van der Waals surface area contributed by atoms with Crippen LogP contribution in [0.4, 0.5) is 8.78 Å². The second-order valence-corrected chi connectivity index (χ2v) is 4.84. The van der Waals surface area contributed by atoms with Crippen LogP contribution in [0.15, 0.2) is 23.6 Å². The van der Waals surface area contributed by atoms with Crippen LogP contribution < -0.4 is 0 Å². The molecule has 1 aromatic carbocycles. The Labute approximate surface area is 103 Å². The molecule has 0 spiro atoms. The van der Waals surface area contributed by atoms with Gasteiger partial charge in [0.15, 0.2) is 0 Å². The fraction of sp³-hybridized carbons (Fsp3) is 0.308. The summed E-state index contributed by atoms with van der Waals surface area (Å²) in [6.07, 6.45) is 2.43. The van der Waals surface area contributed by atoms with Crippen molar-refractivity contribution in [2.75, 3.05) is 0 Å². The molecule has 0 unspecified atom stereocenters. The predicted molar refractivity (Wildman–Crippen MR) is 65.3 cm³/mol. The maximum absolute atomic E-state index is 13.4. The van der Waals surface area contributed by atoms with Gasteiger partial charge in [-0.1, -0.05) is 19.4 Å². The van der Waals surface area contributed by atoms with Gasteiger partial charge in [0.2, 0.25) is 0 Å². The summed E-state index contributed by atoms with van der Waals surface area (Å²) in [6, 6.07) is 3.67. The van der Waals surface area contributed by atoms with Crippen molar-refractivity contribution in [3.05, 3.63) is 51.5 Å². The Morgan fingerprint density at radius 1 is 1.29 bits per heavy atom. The molecule has 17 heavy (non-hydrogen) atoms. The third kappa shape index (κ3) is 3.09. The van der Waals surface area contributed by atoms with Gasteiger partial charge in [0, 0.05) is 17.9 Å². The Morgan fingerprint density at radius 3 is 2.82 bits per heavy atom. The molecule has 0 aliphatic rings. The van der Waals surface area contributed by atoms with Gasteiger partial charge in [-0.3, -0.25) is 0 Å². The zero-order chi connectivity index (χ0) is 12.3. The van der Waals surface area contributed by atoms with E-state index in [9.17, 15) is 8.78 Å². The molecule has 1 aromatic heterocycles. The Kier molecular flexibility index (Phi) is 3.84. The zero-order valence-electron chi connectivity index (χ0n) is 9.54. The van der Waals surface area contributed by atoms with E-state index in [4.69, 9.17) is 0 Å². The predicted octanol–water partition coefficient (Wildman–Crippen LogP) is 3.96. The zero-order valence-corrected chi connectivity index (χ0v) is 10.4. The first kappa shape index (κ1) is 12.2. The number of aryl methyl sites for hydroxylation is 1. The molecule has 4 heteroatoms. The fourth-order valence-corrected chi connectivity index (χ4v) is 2.48. The minimum atomic E-state index is -0.544. The second-order valence-electron chi connectivity index (χ2n) is 3.90. The molecule has 0 aliphatic carbocycles. The molecule has 1 heterocycles. The number of hydrogen-bond acceptors (Lipinski definition) is 2. The molecule has 0 saturated carbocycles. The number of nitrogens with zero attached hydrogens (tertiary/aromatic N) is 1. The first-order valence-corrected chi connectivity index (χ1v) is 6.44. The standard InChI is InChI=1S/C13H13F2NS/c1-2-3-11-8-17-13(16-11)6-9-4-5-10(14)7-12(9)15/h4-5,7-8H,2-3,6H2,1H3. The number of thiazole rings is 1. The van der Waals surface area contributed by atoms with Gasteiger partial charge in [0.05, 0.1) is 10.7 Å². The highest BCUT2D eigenvalue weighted by Gasteiger charge is 2.07. The Hall–Kier alpha value is -1.29. The molecule has 0 saturated heterocycles. The number of aromatic nitrogens is 1. The molecule has 0 N–H and O–H groups in total. The van der Waals surface area contributed by atoms with Gasteiger partial charge < -0.3 is 0 Å². The van der Waals surface area contributed by atoms with Gasteiger partial charge in [-0.15, -0.1) is 11.3 Å². The minimum Gasteiger partial charge on any atom is -0.246 e. The maximum Gasteiger partial charge on any atom is 0.129 e. The van der Waals surface area contributed by atoms with Crippen LogP contribution in [-0.2, 0) is 12.8 Å². The van der Waals surface area contributed by atoms with E-state index in [1.54, 1.807) is 0 Å². The molecule has 0 fully saturated rings. The summed E-state index contributed by atoms with van der Waals surface area (Å²) in [7, 11) is 0. The second kappa shape index (κ2) is 5.36. The summed E-state index contributed by atoms with van der Waals surface area (Å²) in [5.74, 6) is -1.05. The monoisotopic (exact) mass is 253 g/mol. The van der Waals surface area contributed by atoms with E-state index in [0.717, 1.165) is 29.6 Å². The van der Waals surface area contributed by atoms with Crippen LogP contribution in [-0.4, -0.2) is 4.98 Å². The first-order valence-electron chi connectivity index (χ1n) is 5.56. The lowest BCUT2D eigenvalue weighted by Crippen LogP contribution is -1.94. The summed E-state index contributed by atoms with van der Waals surface area (Å²) < 4.78 is 26.2. The summed E-state index contributed by atoms with van der Waals surface area (Å²) >= 11 is 1.53. The normalized spacial score (nSPS) is 10.8. The highest BCUT2D eigenvalue weighted by molar-refractivity contribution is 7.09. The van der Waals surface area contributed by atoms with Gasteiger partial charge in [-0.05, 0) is 18.1 Å². The highest BCUT2D eigenvalue weighted by atomic mass is 32.1. The first-order chi connectivity index (χ1) is 8.19. The molecule has 0 aliphatic heterocycles. The van der Waals surface area contributed by atoms with E-state index in [1.165, 1.54) is 23.5 Å². The molecule has 2 aromatic rings. The third-order valence-corrected chi connectivity index (χ3v) is 3.36. The molecular formula is C13H13F2NS. The number of hydrogen-bond donors (Lipinski definition) is 0. The van der Waals surface area contributed by atoms with E-state index >= 15 is 0 Å². The van der Waals surface area contributed by atoms with Gasteiger partial charge in [0.25, 0.3) is 0 Å². The molecule has 0 radical (unpaired) electrons. The van der Waals surface area contributed by atoms with E-state index < -0.39 is 11.6 Å². The Balaban J connectivity index is 2.13. The summed E-state index contributed by atoms with van der Waals surface area (Å²) in [6.45, 7) is 2.10. The lowest BCUT2D eigenvalue weighted by Gasteiger charge is -2.00. The van der Waals surface area contributed by atoms with E-state index in [0.29, 0.717) is 12.0 Å². The minimum absolute atomic E-state index is 0.431. The van der Waals surface area contributed by atoms with Crippen molar-refractivity contribution < 1.29 is 8.78 Å². The van der Waals surface area contributed by atoms with Crippen LogP contribution in [0, 0.1) is 11.6 Å². The van der Waals surface area contributed by atoms with Crippen molar-refractivity contribution in [3.63, 3.8) is 0 Å². The average molecular weight is 253 g/mol. The molecule has 90 valence electrons. The van der Waals surface area contributed by atoms with Crippen molar-refractivity contribution in [2.24, 2.45) is 0 Å². The molecular weight excluding hydrogens is 240 g/mol. The van der Waals surface area contributed by atoms with Crippen molar-refractivity contribution in [2.45, 2.75) is 26.2 Å². The molecule has 0 bridgehead atoms. The topological polar surface area (TPSA) is 12.9 Å². The largest absolute Gasteiger partial charge is 0.246 e. The van der Waals surface area contributed by atoms with Gasteiger partial charge >= 0.3 is 0 Å². The number of rotatable bonds is 4. The quantitative estimate of drug-likeness (QED) is 0.803. The molecule has 2 rings (SSSR count). The fourth-order valence-electron chi connectivity index (χ4n) is 1.63. The van der Waals surface area contributed by atoms with Crippen molar-refractivity contribution in [3.8, 4) is 0 Å². The van der Waals surface area contributed by atoms with Crippen LogP contribution in [0.25, 0.3) is 0 Å². The SMILES string of the molecule is CCCc1csc(Cc2ccc(F)cc2F)n1. The van der Waals surface area contributed by atoms with Crippen LogP contribution in [0.2, 0.25) is 0 Å². The van der Waals surface area contributed by atoms with Crippen LogP contribution in [0.5, 0.6) is 0 Å². The lowest BCUT2D eigenvalue weighted by atomic mass is 10.1. The number of benzene rings is 1. The summed E-state index contributed by atoms with van der Waals surface area (Å²) in [4.78, 5) is 4.42. The summed E-state index contributed by atoms with van der Waals surface area (Å²) in [5, 5.41) is 2.87. The third-order valence-electron chi connectivity index (χ3n) is 2.46. The van der Waals surface area contributed by atoms with E-state index in [-0.39, 0.29) is 0 Å². The average Bonchev–Trinajstić information content (AvgIpc) is 2.71. The Morgan fingerprint density at radius 2 is 2.12 bits per heavy atom. The van der Waals surface area contributed by atoms with Crippen molar-refractivity contribution in [1.29, 1.82) is 0 Å².